The molecule has 0 spiro atoms. The van der Waals surface area contributed by atoms with Crippen LogP contribution < -0.4 is 0 Å². The maximum absolute atomic E-state index is 12.0. The van der Waals surface area contributed by atoms with Gasteiger partial charge in [0.15, 0.2) is 0 Å². The maximum atomic E-state index is 12.0. The molecule has 102 valence electrons. The summed E-state index contributed by atoms with van der Waals surface area (Å²) in [4.78, 5) is 34.4. The highest BCUT2D eigenvalue weighted by atomic mass is 31.2. The van der Waals surface area contributed by atoms with Gasteiger partial charge in [-0.05, 0) is 19.1 Å². The minimum absolute atomic E-state index is 0.107. The summed E-state index contributed by atoms with van der Waals surface area (Å²) in [5, 5.41) is 0. The van der Waals surface area contributed by atoms with Crippen molar-refractivity contribution in [1.29, 1.82) is 0 Å². The van der Waals surface area contributed by atoms with E-state index in [1.807, 2.05) is 0 Å². The zero-order valence-corrected chi connectivity index (χ0v) is 11.3. The Morgan fingerprint density at radius 1 is 1.21 bits per heavy atom. The minimum Gasteiger partial charge on any atom is -0.324 e. The largest absolute Gasteiger partial charge is 0.329 e. The number of hydrogen-bond acceptors (Lipinski definition) is 4. The first-order chi connectivity index (χ1) is 8.96. The third-order valence-corrected chi connectivity index (χ3v) is 4.24. The number of imide groups is 1. The van der Waals surface area contributed by atoms with E-state index in [2.05, 4.69) is 0 Å². The molecule has 1 aromatic carbocycles. The van der Waals surface area contributed by atoms with Crippen LogP contribution in [0.5, 0.6) is 0 Å². The van der Waals surface area contributed by atoms with Crippen molar-refractivity contribution in [2.45, 2.75) is 6.92 Å². The SMILES string of the molecule is CCOP(=O)(O)CCN1C(=O)c2ccccc2C1=O. The van der Waals surface area contributed by atoms with Crippen LogP contribution in [0.25, 0.3) is 0 Å². The van der Waals surface area contributed by atoms with Crippen molar-refractivity contribution in [2.24, 2.45) is 0 Å². The van der Waals surface area contributed by atoms with Crippen LogP contribution in [0, 0.1) is 0 Å². The van der Waals surface area contributed by atoms with E-state index < -0.39 is 19.4 Å². The second-order valence-corrected chi connectivity index (χ2v) is 6.07. The van der Waals surface area contributed by atoms with Gasteiger partial charge >= 0.3 is 7.60 Å². The van der Waals surface area contributed by atoms with Crippen LogP contribution in [0.2, 0.25) is 0 Å². The second kappa shape index (κ2) is 5.25. The topological polar surface area (TPSA) is 83.9 Å². The van der Waals surface area contributed by atoms with Gasteiger partial charge in [0.1, 0.15) is 0 Å². The number of nitrogens with zero attached hydrogens (tertiary/aromatic N) is 1. The molecule has 1 heterocycles. The third kappa shape index (κ3) is 2.76. The molecule has 2 rings (SSSR count). The minimum atomic E-state index is -3.74. The number of carbonyl (C=O) groups excluding carboxylic acids is 2. The number of amides is 2. The van der Waals surface area contributed by atoms with Gasteiger partial charge in [-0.25, -0.2) is 0 Å². The molecule has 0 saturated carbocycles. The molecular weight excluding hydrogens is 269 g/mol. The molecule has 1 aliphatic heterocycles. The van der Waals surface area contributed by atoms with Crippen molar-refractivity contribution in [3.8, 4) is 0 Å². The molecule has 0 aliphatic carbocycles. The number of carbonyl (C=O) groups is 2. The van der Waals surface area contributed by atoms with E-state index >= 15 is 0 Å². The highest BCUT2D eigenvalue weighted by molar-refractivity contribution is 7.52. The van der Waals surface area contributed by atoms with E-state index in [1.54, 1.807) is 31.2 Å². The van der Waals surface area contributed by atoms with Gasteiger partial charge in [-0.3, -0.25) is 19.1 Å². The van der Waals surface area contributed by atoms with E-state index in [4.69, 9.17) is 4.52 Å². The maximum Gasteiger partial charge on any atom is 0.329 e. The van der Waals surface area contributed by atoms with Gasteiger partial charge in [0.05, 0.1) is 23.9 Å². The fraction of sp³-hybridized carbons (Fsp3) is 0.333. The molecule has 0 radical (unpaired) electrons. The number of rotatable bonds is 5. The first-order valence-electron chi connectivity index (χ1n) is 5.88. The second-order valence-electron chi connectivity index (χ2n) is 4.09. The Morgan fingerprint density at radius 2 is 1.74 bits per heavy atom. The fourth-order valence-electron chi connectivity index (χ4n) is 1.93. The van der Waals surface area contributed by atoms with Crippen LogP contribution in [0.3, 0.4) is 0 Å². The Labute approximate surface area is 110 Å². The van der Waals surface area contributed by atoms with Crippen LogP contribution in [0.1, 0.15) is 27.6 Å². The summed E-state index contributed by atoms with van der Waals surface area (Å²) in [6.07, 6.45) is -0.258. The van der Waals surface area contributed by atoms with Crippen LogP contribution in [-0.4, -0.2) is 40.9 Å². The Bertz CT molecular complexity index is 536. The highest BCUT2D eigenvalue weighted by Gasteiger charge is 2.36. The zero-order valence-electron chi connectivity index (χ0n) is 10.4. The molecule has 6 nitrogen and oxygen atoms in total. The standard InChI is InChI=1S/C12H14NO5P/c1-2-18-19(16,17)8-7-13-11(14)9-5-3-4-6-10(9)12(13)15/h3-6H,2,7-8H2,1H3,(H,16,17). The summed E-state index contributed by atoms with van der Waals surface area (Å²) < 4.78 is 16.2. The molecule has 0 fully saturated rings. The first kappa shape index (κ1) is 13.9. The summed E-state index contributed by atoms with van der Waals surface area (Å²) in [7, 11) is -3.74. The average molecular weight is 283 g/mol. The summed E-state index contributed by atoms with van der Waals surface area (Å²) >= 11 is 0. The summed E-state index contributed by atoms with van der Waals surface area (Å²) in [6, 6.07) is 6.47. The van der Waals surface area contributed by atoms with Crippen molar-refractivity contribution in [3.05, 3.63) is 35.4 Å². The molecule has 0 bridgehead atoms. The monoisotopic (exact) mass is 283 g/mol. The quantitative estimate of drug-likeness (QED) is 0.654. The Hall–Kier alpha value is -1.49. The van der Waals surface area contributed by atoms with Crippen molar-refractivity contribution in [2.75, 3.05) is 19.3 Å². The normalized spacial score (nSPS) is 17.5. The molecule has 19 heavy (non-hydrogen) atoms. The predicted octanol–water partition coefficient (Wildman–Crippen LogP) is 1.50. The van der Waals surface area contributed by atoms with Crippen LogP contribution in [-0.2, 0) is 9.09 Å². The van der Waals surface area contributed by atoms with Gasteiger partial charge in [0.25, 0.3) is 11.8 Å². The average Bonchev–Trinajstić information content (AvgIpc) is 2.61. The molecular formula is C12H14NO5P. The fourth-order valence-corrected chi connectivity index (χ4v) is 2.92. The summed E-state index contributed by atoms with van der Waals surface area (Å²) in [5.74, 6) is -0.866. The molecule has 1 atom stereocenters. The molecule has 0 saturated heterocycles. The lowest BCUT2D eigenvalue weighted by atomic mass is 10.1. The lowest BCUT2D eigenvalue weighted by Gasteiger charge is -2.16. The van der Waals surface area contributed by atoms with Gasteiger partial charge in [-0.15, -0.1) is 0 Å². The van der Waals surface area contributed by atoms with Gasteiger partial charge in [0, 0.05) is 6.54 Å². The van der Waals surface area contributed by atoms with Gasteiger partial charge in [0.2, 0.25) is 0 Å². The van der Waals surface area contributed by atoms with Gasteiger partial charge in [-0.2, -0.15) is 0 Å². The van der Waals surface area contributed by atoms with E-state index in [9.17, 15) is 19.0 Å². The lowest BCUT2D eigenvalue weighted by molar-refractivity contribution is 0.0662. The van der Waals surface area contributed by atoms with Gasteiger partial charge < -0.3 is 9.42 Å². The Morgan fingerprint density at radius 3 is 2.21 bits per heavy atom. The first-order valence-corrected chi connectivity index (χ1v) is 7.64. The van der Waals surface area contributed by atoms with Crippen molar-refractivity contribution in [1.82, 2.24) is 4.90 Å². The lowest BCUT2D eigenvalue weighted by Crippen LogP contribution is -2.32. The number of fused-ring (bicyclic) bond motifs is 1. The molecule has 1 unspecified atom stereocenters. The third-order valence-electron chi connectivity index (χ3n) is 2.82. The Balaban J connectivity index is 2.11. The molecule has 1 aromatic rings. The van der Waals surface area contributed by atoms with Crippen LogP contribution in [0.4, 0.5) is 0 Å². The highest BCUT2D eigenvalue weighted by Crippen LogP contribution is 2.41. The van der Waals surface area contributed by atoms with E-state index in [-0.39, 0.29) is 19.3 Å². The summed E-state index contributed by atoms with van der Waals surface area (Å²) in [5.41, 5.74) is 0.661. The molecule has 2 amide bonds. The predicted molar refractivity (Wildman–Crippen MR) is 68.1 cm³/mol. The molecule has 1 aliphatic rings. The molecule has 7 heteroatoms. The molecule has 1 N–H and O–H groups in total. The van der Waals surface area contributed by atoms with Crippen molar-refractivity contribution < 1.29 is 23.6 Å². The summed E-state index contributed by atoms with van der Waals surface area (Å²) in [6.45, 7) is 1.58. The smallest absolute Gasteiger partial charge is 0.324 e. The van der Waals surface area contributed by atoms with Crippen LogP contribution >= 0.6 is 7.60 Å². The number of benzene rings is 1. The van der Waals surface area contributed by atoms with E-state index in [1.165, 1.54) is 0 Å². The van der Waals surface area contributed by atoms with Crippen molar-refractivity contribution in [3.63, 3.8) is 0 Å². The van der Waals surface area contributed by atoms with Crippen LogP contribution in [0.15, 0.2) is 24.3 Å². The van der Waals surface area contributed by atoms with E-state index in [0.717, 1.165) is 4.90 Å². The van der Waals surface area contributed by atoms with E-state index in [0.29, 0.717) is 11.1 Å². The molecule has 0 aromatic heterocycles. The zero-order chi connectivity index (χ0) is 14.0. The Kier molecular flexibility index (Phi) is 3.85. The number of hydrogen-bond donors (Lipinski definition) is 1. The van der Waals surface area contributed by atoms with Gasteiger partial charge in [-0.1, -0.05) is 12.1 Å². The van der Waals surface area contributed by atoms with Crippen molar-refractivity contribution >= 4 is 19.4 Å².